The molecule has 0 amide bonds. The third kappa shape index (κ3) is 2.69. The fraction of sp³-hybridized carbons (Fsp3) is 0.444. The Morgan fingerprint density at radius 2 is 2.36 bits per heavy atom. The van der Waals surface area contributed by atoms with Crippen LogP contribution in [-0.4, -0.2) is 21.0 Å². The Balaban J connectivity index is 2.89. The van der Waals surface area contributed by atoms with Gasteiger partial charge in [0.2, 0.25) is 0 Å². The minimum absolute atomic E-state index is 0.200. The van der Waals surface area contributed by atoms with Gasteiger partial charge in [-0.2, -0.15) is 0 Å². The Morgan fingerprint density at radius 3 is 2.86 bits per heavy atom. The van der Waals surface area contributed by atoms with E-state index in [9.17, 15) is 9.59 Å². The third-order valence-electron chi connectivity index (χ3n) is 1.74. The number of carboxylic acid groups (broad SMARTS) is 1. The Kier molecular flexibility index (Phi) is 3.39. The molecule has 76 valence electrons. The summed E-state index contributed by atoms with van der Waals surface area (Å²) in [6.45, 7) is 1.95. The van der Waals surface area contributed by atoms with Gasteiger partial charge in [0.15, 0.2) is 0 Å². The van der Waals surface area contributed by atoms with E-state index in [1.807, 2.05) is 6.92 Å². The van der Waals surface area contributed by atoms with Gasteiger partial charge in [0, 0.05) is 11.9 Å². The summed E-state index contributed by atoms with van der Waals surface area (Å²) in [6, 6.07) is 0. The summed E-state index contributed by atoms with van der Waals surface area (Å²) in [7, 11) is 0. The number of hydrogen-bond donors (Lipinski definition) is 2. The van der Waals surface area contributed by atoms with Gasteiger partial charge >= 0.3 is 5.97 Å². The quantitative estimate of drug-likeness (QED) is 0.727. The molecule has 14 heavy (non-hydrogen) atoms. The van der Waals surface area contributed by atoms with E-state index < -0.39 is 5.97 Å². The van der Waals surface area contributed by atoms with Crippen molar-refractivity contribution in [2.75, 3.05) is 0 Å². The maximum Gasteiger partial charge on any atom is 0.309 e. The van der Waals surface area contributed by atoms with E-state index in [2.05, 4.69) is 9.97 Å². The zero-order valence-corrected chi connectivity index (χ0v) is 7.91. The molecule has 0 radical (unpaired) electrons. The van der Waals surface area contributed by atoms with Gasteiger partial charge in [-0.05, 0) is 6.42 Å². The Morgan fingerprint density at radius 1 is 1.64 bits per heavy atom. The molecule has 0 saturated carbocycles. The van der Waals surface area contributed by atoms with Crippen LogP contribution in [0.4, 0.5) is 0 Å². The Hall–Kier alpha value is -1.65. The normalized spacial score (nSPS) is 10.1. The third-order valence-corrected chi connectivity index (χ3v) is 1.74. The number of aliphatic carboxylic acids is 1. The van der Waals surface area contributed by atoms with Gasteiger partial charge in [-0.3, -0.25) is 14.6 Å². The summed E-state index contributed by atoms with van der Waals surface area (Å²) in [5.41, 5.74) is 0.509. The minimum atomic E-state index is -0.981. The summed E-state index contributed by atoms with van der Waals surface area (Å²) in [6.07, 6.45) is 2.66. The van der Waals surface area contributed by atoms with Crippen LogP contribution in [0.1, 0.15) is 24.7 Å². The highest BCUT2D eigenvalue weighted by Gasteiger charge is 2.04. The number of carbonyl (C=O) groups is 1. The molecular weight excluding hydrogens is 184 g/mol. The van der Waals surface area contributed by atoms with Crippen LogP contribution >= 0.6 is 0 Å². The summed E-state index contributed by atoms with van der Waals surface area (Å²) in [4.78, 5) is 28.0. The van der Waals surface area contributed by atoms with E-state index in [4.69, 9.17) is 5.11 Å². The highest BCUT2D eigenvalue weighted by Crippen LogP contribution is 1.94. The van der Waals surface area contributed by atoms with Crippen LogP contribution in [0.3, 0.4) is 0 Å². The molecular formula is C9H12N2O3. The average molecular weight is 196 g/mol. The highest BCUT2D eigenvalue weighted by molar-refractivity contribution is 5.69. The lowest BCUT2D eigenvalue weighted by Crippen LogP contribution is -2.18. The molecule has 0 fully saturated rings. The first kappa shape index (κ1) is 10.4. The molecule has 1 aromatic heterocycles. The first-order valence-electron chi connectivity index (χ1n) is 4.42. The summed E-state index contributed by atoms with van der Waals surface area (Å²) < 4.78 is 0. The number of aryl methyl sites for hydroxylation is 1. The Bertz CT molecular complexity index is 384. The molecule has 0 aliphatic heterocycles. The fourth-order valence-corrected chi connectivity index (χ4v) is 1.13. The number of H-pyrrole nitrogens is 1. The predicted octanol–water partition coefficient (Wildman–Crippen LogP) is 0.350. The standard InChI is InChI=1S/C9H12N2O3/c1-2-3-7-9(14)11-6(5-10-7)4-8(12)13/h5H,2-4H2,1H3,(H,11,14)(H,12,13). The molecule has 2 N–H and O–H groups in total. The lowest BCUT2D eigenvalue weighted by atomic mass is 10.2. The van der Waals surface area contributed by atoms with Crippen LogP contribution in [0.15, 0.2) is 11.0 Å². The van der Waals surface area contributed by atoms with E-state index in [0.29, 0.717) is 17.8 Å². The SMILES string of the molecule is CCCc1ncc(CC(=O)O)[nH]c1=O. The molecule has 0 aliphatic rings. The van der Waals surface area contributed by atoms with Gasteiger partial charge in [-0.15, -0.1) is 0 Å². The van der Waals surface area contributed by atoms with Gasteiger partial charge in [-0.1, -0.05) is 13.3 Å². The molecule has 5 nitrogen and oxygen atoms in total. The predicted molar refractivity (Wildman–Crippen MR) is 50.2 cm³/mol. The second kappa shape index (κ2) is 4.55. The lowest BCUT2D eigenvalue weighted by molar-refractivity contribution is -0.136. The number of aromatic amines is 1. The summed E-state index contributed by atoms with van der Waals surface area (Å²) in [5, 5.41) is 8.48. The van der Waals surface area contributed by atoms with Gasteiger partial charge in [-0.25, -0.2) is 0 Å². The topological polar surface area (TPSA) is 83.0 Å². The molecule has 0 unspecified atom stereocenters. The van der Waals surface area contributed by atoms with E-state index in [1.165, 1.54) is 6.20 Å². The van der Waals surface area contributed by atoms with Crippen molar-refractivity contribution in [1.82, 2.24) is 9.97 Å². The van der Waals surface area contributed by atoms with Gasteiger partial charge < -0.3 is 10.1 Å². The number of carboxylic acids is 1. The molecule has 5 heteroatoms. The second-order valence-electron chi connectivity index (χ2n) is 3.00. The van der Waals surface area contributed by atoms with Crippen LogP contribution in [0.2, 0.25) is 0 Å². The van der Waals surface area contributed by atoms with Crippen molar-refractivity contribution in [1.29, 1.82) is 0 Å². The van der Waals surface area contributed by atoms with Gasteiger partial charge in [0.25, 0.3) is 5.56 Å². The fourth-order valence-electron chi connectivity index (χ4n) is 1.13. The van der Waals surface area contributed by atoms with Crippen molar-refractivity contribution >= 4 is 5.97 Å². The van der Waals surface area contributed by atoms with Crippen LogP contribution < -0.4 is 5.56 Å². The number of nitrogens with one attached hydrogen (secondary N) is 1. The number of rotatable bonds is 4. The number of nitrogens with zero attached hydrogens (tertiary/aromatic N) is 1. The molecule has 1 aromatic rings. The van der Waals surface area contributed by atoms with E-state index in [0.717, 1.165) is 6.42 Å². The second-order valence-corrected chi connectivity index (χ2v) is 3.00. The van der Waals surface area contributed by atoms with Crippen molar-refractivity contribution in [3.8, 4) is 0 Å². The zero-order chi connectivity index (χ0) is 10.6. The molecule has 0 atom stereocenters. The number of hydrogen-bond acceptors (Lipinski definition) is 3. The smallest absolute Gasteiger partial charge is 0.309 e. The summed E-state index contributed by atoms with van der Waals surface area (Å²) >= 11 is 0. The van der Waals surface area contributed by atoms with Crippen molar-refractivity contribution in [2.24, 2.45) is 0 Å². The lowest BCUT2D eigenvalue weighted by Gasteiger charge is -1.99. The Labute approximate surface area is 80.8 Å². The van der Waals surface area contributed by atoms with E-state index >= 15 is 0 Å². The van der Waals surface area contributed by atoms with Gasteiger partial charge in [0.05, 0.1) is 6.42 Å². The first-order valence-corrected chi connectivity index (χ1v) is 4.42. The van der Waals surface area contributed by atoms with Crippen LogP contribution in [0.25, 0.3) is 0 Å². The molecule has 0 aromatic carbocycles. The van der Waals surface area contributed by atoms with Gasteiger partial charge in [0.1, 0.15) is 5.69 Å². The van der Waals surface area contributed by atoms with Crippen molar-refractivity contribution in [2.45, 2.75) is 26.2 Å². The molecule has 0 saturated heterocycles. The van der Waals surface area contributed by atoms with Crippen molar-refractivity contribution < 1.29 is 9.90 Å². The van der Waals surface area contributed by atoms with E-state index in [1.54, 1.807) is 0 Å². The molecule has 1 rings (SSSR count). The summed E-state index contributed by atoms with van der Waals surface area (Å²) in [5.74, 6) is -0.981. The molecule has 0 spiro atoms. The minimum Gasteiger partial charge on any atom is -0.481 e. The monoisotopic (exact) mass is 196 g/mol. The van der Waals surface area contributed by atoms with Crippen LogP contribution in [0, 0.1) is 0 Å². The average Bonchev–Trinajstić information content (AvgIpc) is 2.09. The molecule has 0 bridgehead atoms. The maximum atomic E-state index is 11.3. The largest absolute Gasteiger partial charge is 0.481 e. The van der Waals surface area contributed by atoms with Crippen LogP contribution in [0.5, 0.6) is 0 Å². The van der Waals surface area contributed by atoms with Crippen LogP contribution in [-0.2, 0) is 17.6 Å². The molecule has 0 aliphatic carbocycles. The van der Waals surface area contributed by atoms with E-state index in [-0.39, 0.29) is 12.0 Å². The zero-order valence-electron chi connectivity index (χ0n) is 7.91. The maximum absolute atomic E-state index is 11.3. The van der Waals surface area contributed by atoms with Crippen molar-refractivity contribution in [3.63, 3.8) is 0 Å². The first-order chi connectivity index (χ1) is 6.63. The molecule has 1 heterocycles. The highest BCUT2D eigenvalue weighted by atomic mass is 16.4. The van der Waals surface area contributed by atoms with Crippen molar-refractivity contribution in [3.05, 3.63) is 27.9 Å². The number of aromatic nitrogens is 2.